The molecular formula is C17H22. The molecule has 0 saturated heterocycles. The quantitative estimate of drug-likeness (QED) is 0.607. The zero-order chi connectivity index (χ0) is 12.5. The van der Waals surface area contributed by atoms with Crippen molar-refractivity contribution in [2.75, 3.05) is 0 Å². The standard InChI is InChI=1S/C17H22/c1-4-8-16-11-13-17(14-12-16)10-7-9-15(5-2)6-3/h5-7,9,11-14H,2,4,8,10H2,1,3H3/b9-7-,15-6-. The number of aryl methyl sites for hydroxylation is 1. The third-order valence-corrected chi connectivity index (χ3v) is 2.79. The molecule has 0 aliphatic rings. The third kappa shape index (κ3) is 4.86. The average molecular weight is 226 g/mol. The highest BCUT2D eigenvalue weighted by molar-refractivity contribution is 5.30. The Labute approximate surface area is 105 Å². The first-order valence-electron chi connectivity index (χ1n) is 6.33. The minimum atomic E-state index is 0.984. The number of rotatable bonds is 6. The summed E-state index contributed by atoms with van der Waals surface area (Å²) in [6.45, 7) is 8.01. The van der Waals surface area contributed by atoms with Crippen LogP contribution in [0.4, 0.5) is 0 Å². The first kappa shape index (κ1) is 13.5. The van der Waals surface area contributed by atoms with Crippen molar-refractivity contribution in [1.29, 1.82) is 0 Å². The zero-order valence-electron chi connectivity index (χ0n) is 10.9. The lowest BCUT2D eigenvalue weighted by Crippen LogP contribution is -1.85. The molecule has 0 aliphatic carbocycles. The Hall–Kier alpha value is -1.56. The number of hydrogen-bond donors (Lipinski definition) is 0. The van der Waals surface area contributed by atoms with Gasteiger partial charge in [-0.2, -0.15) is 0 Å². The molecule has 0 amide bonds. The van der Waals surface area contributed by atoms with E-state index in [1.54, 1.807) is 0 Å². The lowest BCUT2D eigenvalue weighted by molar-refractivity contribution is 0.920. The SMILES string of the molecule is C=CC(/C=C\Cc1ccc(CCC)cc1)=C/C. The normalized spacial score (nSPS) is 12.0. The minimum Gasteiger partial charge on any atom is -0.0985 e. The molecule has 0 saturated carbocycles. The van der Waals surface area contributed by atoms with Crippen LogP contribution in [0, 0.1) is 0 Å². The smallest absolute Gasteiger partial charge is 0.00941 e. The predicted molar refractivity (Wildman–Crippen MR) is 77.2 cm³/mol. The molecular weight excluding hydrogens is 204 g/mol. The van der Waals surface area contributed by atoms with E-state index >= 15 is 0 Å². The van der Waals surface area contributed by atoms with Crippen LogP contribution >= 0.6 is 0 Å². The Morgan fingerprint density at radius 1 is 1.18 bits per heavy atom. The van der Waals surface area contributed by atoms with Gasteiger partial charge in [-0.3, -0.25) is 0 Å². The van der Waals surface area contributed by atoms with Crippen LogP contribution in [0.25, 0.3) is 0 Å². The van der Waals surface area contributed by atoms with E-state index in [-0.39, 0.29) is 0 Å². The third-order valence-electron chi connectivity index (χ3n) is 2.79. The lowest BCUT2D eigenvalue weighted by atomic mass is 10.1. The van der Waals surface area contributed by atoms with Gasteiger partial charge in [0.15, 0.2) is 0 Å². The highest BCUT2D eigenvalue weighted by atomic mass is 14.0. The Morgan fingerprint density at radius 2 is 1.82 bits per heavy atom. The van der Waals surface area contributed by atoms with Gasteiger partial charge in [0.25, 0.3) is 0 Å². The molecule has 0 atom stereocenters. The summed E-state index contributed by atoms with van der Waals surface area (Å²) in [5, 5.41) is 0. The number of hydrogen-bond acceptors (Lipinski definition) is 0. The van der Waals surface area contributed by atoms with Crippen molar-refractivity contribution >= 4 is 0 Å². The summed E-state index contributed by atoms with van der Waals surface area (Å²) in [6.07, 6.45) is 11.6. The van der Waals surface area contributed by atoms with Gasteiger partial charge < -0.3 is 0 Å². The molecule has 1 aromatic rings. The van der Waals surface area contributed by atoms with E-state index in [0.29, 0.717) is 0 Å². The Bertz CT molecular complexity index is 391. The minimum absolute atomic E-state index is 0.984. The van der Waals surface area contributed by atoms with Crippen LogP contribution in [0.5, 0.6) is 0 Å². The van der Waals surface area contributed by atoms with Gasteiger partial charge >= 0.3 is 0 Å². The van der Waals surface area contributed by atoms with Crippen LogP contribution in [-0.4, -0.2) is 0 Å². The molecule has 0 radical (unpaired) electrons. The second kappa shape index (κ2) is 7.67. The maximum atomic E-state index is 3.77. The van der Waals surface area contributed by atoms with Crippen molar-refractivity contribution in [2.45, 2.75) is 33.1 Å². The fourth-order valence-electron chi connectivity index (χ4n) is 1.74. The molecule has 17 heavy (non-hydrogen) atoms. The van der Waals surface area contributed by atoms with E-state index in [1.165, 1.54) is 29.5 Å². The molecule has 90 valence electrons. The summed E-state index contributed by atoms with van der Waals surface area (Å²) in [5.74, 6) is 0. The summed E-state index contributed by atoms with van der Waals surface area (Å²) in [6, 6.07) is 8.91. The molecule has 1 aromatic carbocycles. The van der Waals surface area contributed by atoms with E-state index in [9.17, 15) is 0 Å². The Balaban J connectivity index is 2.55. The lowest BCUT2D eigenvalue weighted by Gasteiger charge is -2.00. The summed E-state index contributed by atoms with van der Waals surface area (Å²) >= 11 is 0. The second-order valence-electron chi connectivity index (χ2n) is 4.17. The van der Waals surface area contributed by atoms with Gasteiger partial charge in [-0.25, -0.2) is 0 Å². The van der Waals surface area contributed by atoms with Gasteiger partial charge in [0, 0.05) is 0 Å². The van der Waals surface area contributed by atoms with Crippen molar-refractivity contribution in [3.8, 4) is 0 Å². The molecule has 0 N–H and O–H groups in total. The predicted octanol–water partition coefficient (Wildman–Crippen LogP) is 4.87. The van der Waals surface area contributed by atoms with Gasteiger partial charge in [-0.05, 0) is 36.5 Å². The topological polar surface area (TPSA) is 0 Å². The van der Waals surface area contributed by atoms with Crippen LogP contribution in [-0.2, 0) is 12.8 Å². The van der Waals surface area contributed by atoms with Gasteiger partial charge in [0.2, 0.25) is 0 Å². The molecule has 0 unspecified atom stereocenters. The van der Waals surface area contributed by atoms with Crippen molar-refractivity contribution in [3.63, 3.8) is 0 Å². The van der Waals surface area contributed by atoms with Crippen LogP contribution in [0.1, 0.15) is 31.4 Å². The van der Waals surface area contributed by atoms with Crippen LogP contribution in [0.2, 0.25) is 0 Å². The molecule has 0 bridgehead atoms. The number of benzene rings is 1. The van der Waals surface area contributed by atoms with Crippen molar-refractivity contribution in [1.82, 2.24) is 0 Å². The molecule has 0 fully saturated rings. The van der Waals surface area contributed by atoms with Gasteiger partial charge in [0.05, 0.1) is 0 Å². The van der Waals surface area contributed by atoms with E-state index in [1.807, 2.05) is 13.0 Å². The fourth-order valence-corrected chi connectivity index (χ4v) is 1.74. The Morgan fingerprint density at radius 3 is 2.35 bits per heavy atom. The second-order valence-corrected chi connectivity index (χ2v) is 4.17. The van der Waals surface area contributed by atoms with E-state index in [2.05, 4.69) is 56.0 Å². The largest absolute Gasteiger partial charge is 0.0985 e. The highest BCUT2D eigenvalue weighted by Crippen LogP contribution is 2.08. The molecule has 0 aromatic heterocycles. The van der Waals surface area contributed by atoms with E-state index < -0.39 is 0 Å². The molecule has 0 nitrogen and oxygen atoms in total. The summed E-state index contributed by atoms with van der Waals surface area (Å²) in [4.78, 5) is 0. The monoisotopic (exact) mass is 226 g/mol. The van der Waals surface area contributed by atoms with Crippen molar-refractivity contribution in [3.05, 3.63) is 71.8 Å². The van der Waals surface area contributed by atoms with Crippen LogP contribution < -0.4 is 0 Å². The molecule has 0 aliphatic heterocycles. The summed E-state index contributed by atoms with van der Waals surface area (Å²) < 4.78 is 0. The van der Waals surface area contributed by atoms with Gasteiger partial charge in [-0.15, -0.1) is 0 Å². The molecule has 0 spiro atoms. The van der Waals surface area contributed by atoms with Crippen molar-refractivity contribution in [2.24, 2.45) is 0 Å². The Kier molecular flexibility index (Phi) is 6.09. The average Bonchev–Trinajstić information content (AvgIpc) is 2.37. The molecule has 0 heterocycles. The maximum Gasteiger partial charge on any atom is -0.00941 e. The van der Waals surface area contributed by atoms with E-state index in [4.69, 9.17) is 0 Å². The highest BCUT2D eigenvalue weighted by Gasteiger charge is 1.92. The van der Waals surface area contributed by atoms with Gasteiger partial charge in [0.1, 0.15) is 0 Å². The van der Waals surface area contributed by atoms with E-state index in [0.717, 1.165) is 6.42 Å². The molecule has 0 heteroatoms. The zero-order valence-corrected chi connectivity index (χ0v) is 10.9. The first-order chi connectivity index (χ1) is 8.30. The molecule has 1 rings (SSSR count). The van der Waals surface area contributed by atoms with Crippen LogP contribution in [0.3, 0.4) is 0 Å². The van der Waals surface area contributed by atoms with Crippen LogP contribution in [0.15, 0.2) is 60.7 Å². The van der Waals surface area contributed by atoms with Gasteiger partial charge in [-0.1, -0.05) is 68.5 Å². The van der Waals surface area contributed by atoms with Crippen molar-refractivity contribution < 1.29 is 0 Å². The summed E-state index contributed by atoms with van der Waals surface area (Å²) in [7, 11) is 0. The summed E-state index contributed by atoms with van der Waals surface area (Å²) in [5.41, 5.74) is 3.97. The fraction of sp³-hybridized carbons (Fsp3) is 0.294. The number of allylic oxidation sites excluding steroid dienone is 5. The first-order valence-corrected chi connectivity index (χ1v) is 6.33. The maximum absolute atomic E-state index is 3.77.